The molecule has 1 aliphatic heterocycles. The van der Waals surface area contributed by atoms with E-state index in [4.69, 9.17) is 0 Å². The Morgan fingerprint density at radius 1 is 1.39 bits per heavy atom. The first-order valence-electron chi connectivity index (χ1n) is 5.52. The summed E-state index contributed by atoms with van der Waals surface area (Å²) in [5, 5.41) is 2.53. The maximum absolute atomic E-state index is 12.6. The third kappa shape index (κ3) is 2.27. The molecule has 6 heteroatoms. The standard InChI is InChI=1S/C12H13F3N2O/c1-7-6-17(2)10-4-3-8(12(13,14)15)5-9(10)16-11(7)18/h3-5,7H,6H2,1-2H3,(H,16,18). The van der Waals surface area contributed by atoms with Crippen molar-refractivity contribution in [3.63, 3.8) is 0 Å². The van der Waals surface area contributed by atoms with Crippen molar-refractivity contribution in [3.05, 3.63) is 23.8 Å². The first kappa shape index (κ1) is 12.7. The predicted octanol–water partition coefficient (Wildman–Crippen LogP) is 2.73. The van der Waals surface area contributed by atoms with Crippen LogP contribution in [0.2, 0.25) is 0 Å². The van der Waals surface area contributed by atoms with Crippen molar-refractivity contribution in [2.45, 2.75) is 13.1 Å². The van der Waals surface area contributed by atoms with Gasteiger partial charge in [-0.3, -0.25) is 4.79 Å². The van der Waals surface area contributed by atoms with Crippen LogP contribution in [0.25, 0.3) is 0 Å². The molecule has 98 valence electrons. The van der Waals surface area contributed by atoms with E-state index in [-0.39, 0.29) is 17.5 Å². The van der Waals surface area contributed by atoms with Gasteiger partial charge in [-0.1, -0.05) is 6.92 Å². The smallest absolute Gasteiger partial charge is 0.372 e. The Hall–Kier alpha value is -1.72. The molecule has 18 heavy (non-hydrogen) atoms. The van der Waals surface area contributed by atoms with E-state index in [0.29, 0.717) is 12.2 Å². The number of alkyl halides is 3. The zero-order valence-corrected chi connectivity index (χ0v) is 10.0. The van der Waals surface area contributed by atoms with Gasteiger partial charge in [0.15, 0.2) is 0 Å². The molecular weight excluding hydrogens is 245 g/mol. The van der Waals surface area contributed by atoms with Gasteiger partial charge in [0, 0.05) is 13.6 Å². The van der Waals surface area contributed by atoms with Crippen LogP contribution in [-0.2, 0) is 11.0 Å². The van der Waals surface area contributed by atoms with Gasteiger partial charge in [0.25, 0.3) is 0 Å². The average Bonchev–Trinajstić information content (AvgIpc) is 2.36. The third-order valence-electron chi connectivity index (χ3n) is 2.99. The van der Waals surface area contributed by atoms with Crippen LogP contribution in [-0.4, -0.2) is 19.5 Å². The molecule has 0 saturated carbocycles. The number of nitrogens with zero attached hydrogens (tertiary/aromatic N) is 1. The SMILES string of the molecule is CC1CN(C)c2ccc(C(F)(F)F)cc2NC1=O. The van der Waals surface area contributed by atoms with Crippen LogP contribution in [0, 0.1) is 5.92 Å². The molecule has 0 aromatic heterocycles. The van der Waals surface area contributed by atoms with Crippen LogP contribution < -0.4 is 10.2 Å². The molecule has 1 amide bonds. The summed E-state index contributed by atoms with van der Waals surface area (Å²) in [6, 6.07) is 3.38. The Balaban J connectivity index is 2.47. The lowest BCUT2D eigenvalue weighted by Gasteiger charge is -2.20. The topological polar surface area (TPSA) is 32.3 Å². The van der Waals surface area contributed by atoms with E-state index in [1.807, 2.05) is 0 Å². The summed E-state index contributed by atoms with van der Waals surface area (Å²) < 4.78 is 37.8. The number of rotatable bonds is 0. The molecule has 1 heterocycles. The van der Waals surface area contributed by atoms with Crippen molar-refractivity contribution < 1.29 is 18.0 Å². The molecule has 1 unspecified atom stereocenters. The number of hydrogen-bond acceptors (Lipinski definition) is 2. The first-order chi connectivity index (χ1) is 8.29. The van der Waals surface area contributed by atoms with Gasteiger partial charge in [-0.25, -0.2) is 0 Å². The molecule has 0 bridgehead atoms. The highest BCUT2D eigenvalue weighted by molar-refractivity contribution is 5.97. The van der Waals surface area contributed by atoms with Crippen molar-refractivity contribution in [3.8, 4) is 0 Å². The fourth-order valence-corrected chi connectivity index (χ4v) is 1.99. The number of anilines is 2. The van der Waals surface area contributed by atoms with E-state index < -0.39 is 11.7 Å². The zero-order valence-electron chi connectivity index (χ0n) is 10.0. The minimum Gasteiger partial charge on any atom is -0.372 e. The molecular formula is C12H13F3N2O. The number of fused-ring (bicyclic) bond motifs is 1. The molecule has 1 aromatic rings. The molecule has 0 fully saturated rings. The predicted molar refractivity (Wildman–Crippen MR) is 62.5 cm³/mol. The molecule has 0 radical (unpaired) electrons. The summed E-state index contributed by atoms with van der Waals surface area (Å²) in [5.41, 5.74) is 0.0480. The summed E-state index contributed by atoms with van der Waals surface area (Å²) in [4.78, 5) is 13.4. The van der Waals surface area contributed by atoms with Crippen molar-refractivity contribution in [1.29, 1.82) is 0 Å². The second-order valence-electron chi connectivity index (χ2n) is 4.50. The van der Waals surface area contributed by atoms with Gasteiger partial charge >= 0.3 is 6.18 Å². The molecule has 1 atom stereocenters. The van der Waals surface area contributed by atoms with E-state index in [0.717, 1.165) is 12.1 Å². The normalized spacial score (nSPS) is 20.2. The van der Waals surface area contributed by atoms with Crippen LogP contribution in [0.3, 0.4) is 0 Å². The molecule has 3 nitrogen and oxygen atoms in total. The molecule has 2 rings (SSSR count). The maximum Gasteiger partial charge on any atom is 0.416 e. The van der Waals surface area contributed by atoms with Crippen LogP contribution in [0.5, 0.6) is 0 Å². The summed E-state index contributed by atoms with van der Waals surface area (Å²) in [6.07, 6.45) is -4.41. The fourth-order valence-electron chi connectivity index (χ4n) is 1.99. The van der Waals surface area contributed by atoms with Crippen LogP contribution in [0.15, 0.2) is 18.2 Å². The quantitative estimate of drug-likeness (QED) is 0.776. The van der Waals surface area contributed by atoms with Gasteiger partial charge in [0.1, 0.15) is 0 Å². The number of hydrogen-bond donors (Lipinski definition) is 1. The number of amides is 1. The largest absolute Gasteiger partial charge is 0.416 e. The van der Waals surface area contributed by atoms with E-state index in [1.165, 1.54) is 6.07 Å². The molecule has 1 aliphatic rings. The van der Waals surface area contributed by atoms with Gasteiger partial charge in [0.2, 0.25) is 5.91 Å². The van der Waals surface area contributed by atoms with Gasteiger partial charge < -0.3 is 10.2 Å². The number of benzene rings is 1. The summed E-state index contributed by atoms with van der Waals surface area (Å²) in [7, 11) is 1.75. The van der Waals surface area contributed by atoms with Gasteiger partial charge in [0.05, 0.1) is 22.9 Å². The highest BCUT2D eigenvalue weighted by atomic mass is 19.4. The second kappa shape index (κ2) is 4.19. The number of nitrogens with one attached hydrogen (secondary N) is 1. The summed E-state index contributed by atoms with van der Waals surface area (Å²) >= 11 is 0. The molecule has 1 aromatic carbocycles. The van der Waals surface area contributed by atoms with Crippen LogP contribution in [0.4, 0.5) is 24.5 Å². The number of halogens is 3. The zero-order chi connectivity index (χ0) is 13.5. The third-order valence-corrected chi connectivity index (χ3v) is 2.99. The van der Waals surface area contributed by atoms with E-state index in [1.54, 1.807) is 18.9 Å². The summed E-state index contributed by atoms with van der Waals surface area (Å²) in [6.45, 7) is 2.21. The Labute approximate surface area is 103 Å². The van der Waals surface area contributed by atoms with Crippen LogP contribution >= 0.6 is 0 Å². The maximum atomic E-state index is 12.6. The monoisotopic (exact) mass is 258 g/mol. The van der Waals surface area contributed by atoms with Gasteiger partial charge in [-0.2, -0.15) is 13.2 Å². The summed E-state index contributed by atoms with van der Waals surface area (Å²) in [5.74, 6) is -0.531. The Morgan fingerprint density at radius 3 is 2.67 bits per heavy atom. The van der Waals surface area contributed by atoms with E-state index >= 15 is 0 Å². The van der Waals surface area contributed by atoms with E-state index in [9.17, 15) is 18.0 Å². The average molecular weight is 258 g/mol. The molecule has 0 saturated heterocycles. The Morgan fingerprint density at radius 2 is 2.06 bits per heavy atom. The number of carbonyl (C=O) groups is 1. The van der Waals surface area contributed by atoms with Crippen LogP contribution in [0.1, 0.15) is 12.5 Å². The highest BCUT2D eigenvalue weighted by Crippen LogP contribution is 2.36. The number of carbonyl (C=O) groups excluding carboxylic acids is 1. The van der Waals surface area contributed by atoms with Gasteiger partial charge in [-0.15, -0.1) is 0 Å². The Bertz CT molecular complexity index is 485. The first-order valence-corrected chi connectivity index (χ1v) is 5.52. The lowest BCUT2D eigenvalue weighted by Crippen LogP contribution is -2.27. The van der Waals surface area contributed by atoms with Crippen molar-refractivity contribution in [2.75, 3.05) is 23.8 Å². The molecule has 0 spiro atoms. The minimum absolute atomic E-state index is 0.210. The van der Waals surface area contributed by atoms with Gasteiger partial charge in [-0.05, 0) is 18.2 Å². The molecule has 0 aliphatic carbocycles. The van der Waals surface area contributed by atoms with Crippen molar-refractivity contribution in [2.24, 2.45) is 5.92 Å². The highest BCUT2D eigenvalue weighted by Gasteiger charge is 2.32. The second-order valence-corrected chi connectivity index (χ2v) is 4.50. The van der Waals surface area contributed by atoms with E-state index in [2.05, 4.69) is 5.32 Å². The lowest BCUT2D eigenvalue weighted by atomic mass is 10.1. The van der Waals surface area contributed by atoms with Crippen molar-refractivity contribution in [1.82, 2.24) is 0 Å². The fraction of sp³-hybridized carbons (Fsp3) is 0.417. The van der Waals surface area contributed by atoms with Crippen molar-refractivity contribution >= 4 is 17.3 Å². The molecule has 1 N–H and O–H groups in total. The minimum atomic E-state index is -4.41. The Kier molecular flexibility index (Phi) is 2.96. The lowest BCUT2D eigenvalue weighted by molar-refractivity contribution is -0.137.